The number of ether oxygens (including phenoxy) is 1. The number of hydrogen-bond donors (Lipinski definition) is 1. The number of thiophene rings is 1. The molecule has 1 heterocycles. The fourth-order valence-corrected chi connectivity index (χ4v) is 2.70. The first-order valence-corrected chi connectivity index (χ1v) is 8.49. The number of carbonyl (C=O) groups excluding carboxylic acids is 3. The van der Waals surface area contributed by atoms with Crippen LogP contribution < -0.4 is 5.32 Å². The first-order chi connectivity index (χ1) is 12.1. The van der Waals surface area contributed by atoms with Crippen LogP contribution in [0.4, 0.5) is 5.69 Å². The number of anilines is 1. The van der Waals surface area contributed by atoms with Crippen molar-refractivity contribution in [1.82, 2.24) is 0 Å². The molecule has 0 aliphatic rings. The average Bonchev–Trinajstić information content (AvgIpc) is 3.14. The van der Waals surface area contributed by atoms with Crippen LogP contribution in [0.1, 0.15) is 39.3 Å². The lowest BCUT2D eigenvalue weighted by Gasteiger charge is -2.06. The van der Waals surface area contributed by atoms with Gasteiger partial charge in [0.15, 0.2) is 5.78 Å². The van der Waals surface area contributed by atoms with Crippen LogP contribution in [-0.2, 0) is 9.53 Å². The normalized spacial score (nSPS) is 9.88. The molecule has 0 aliphatic heterocycles. The van der Waals surface area contributed by atoms with Crippen LogP contribution in [0.3, 0.4) is 0 Å². The fraction of sp³-hybridized carbons (Fsp3) is 0.222. The van der Waals surface area contributed by atoms with E-state index in [2.05, 4.69) is 5.32 Å². The van der Waals surface area contributed by atoms with Gasteiger partial charge in [-0.25, -0.2) is 4.79 Å². The predicted molar refractivity (Wildman–Crippen MR) is 93.5 cm³/mol. The van der Waals surface area contributed by atoms with Crippen molar-refractivity contribution in [2.45, 2.75) is 19.3 Å². The second-order valence-corrected chi connectivity index (χ2v) is 6.05. The lowest BCUT2D eigenvalue weighted by molar-refractivity contribution is -0.115. The van der Waals surface area contributed by atoms with E-state index < -0.39 is 11.9 Å². The van der Waals surface area contributed by atoms with Crippen molar-refractivity contribution >= 4 is 34.7 Å². The van der Waals surface area contributed by atoms with Gasteiger partial charge in [-0.2, -0.15) is 5.26 Å². The van der Waals surface area contributed by atoms with Gasteiger partial charge >= 0.3 is 5.97 Å². The highest BCUT2D eigenvalue weighted by atomic mass is 32.1. The molecule has 2 rings (SSSR count). The standard InChI is InChI=1S/C18H16N2O4S/c19-10-9-17(22)20-14-7-5-13(6-8-14)18(23)24-11-1-3-15(21)16-4-2-12-25-16/h2,4-8,12H,1,3,9,11H2,(H,20,22). The lowest BCUT2D eigenvalue weighted by Crippen LogP contribution is -2.11. The van der Waals surface area contributed by atoms with Crippen molar-refractivity contribution in [2.75, 3.05) is 11.9 Å². The van der Waals surface area contributed by atoms with Gasteiger partial charge in [0.25, 0.3) is 0 Å². The van der Waals surface area contributed by atoms with E-state index >= 15 is 0 Å². The third-order valence-corrected chi connectivity index (χ3v) is 4.13. The van der Waals surface area contributed by atoms with Gasteiger partial charge in [0.05, 0.1) is 23.1 Å². The minimum atomic E-state index is -0.488. The smallest absolute Gasteiger partial charge is 0.338 e. The first-order valence-electron chi connectivity index (χ1n) is 7.61. The predicted octanol–water partition coefficient (Wildman–Crippen LogP) is 3.42. The molecule has 2 aromatic rings. The number of esters is 1. The van der Waals surface area contributed by atoms with E-state index in [-0.39, 0.29) is 18.8 Å². The summed E-state index contributed by atoms with van der Waals surface area (Å²) in [5.74, 6) is -0.852. The first kappa shape index (κ1) is 18.4. The highest BCUT2D eigenvalue weighted by Gasteiger charge is 2.10. The summed E-state index contributed by atoms with van der Waals surface area (Å²) >= 11 is 1.40. The Labute approximate surface area is 149 Å². The van der Waals surface area contributed by atoms with E-state index in [0.29, 0.717) is 29.0 Å². The average molecular weight is 356 g/mol. The number of amides is 1. The summed E-state index contributed by atoms with van der Waals surface area (Å²) in [5, 5.41) is 12.8. The van der Waals surface area contributed by atoms with Gasteiger partial charge in [-0.15, -0.1) is 11.3 Å². The van der Waals surface area contributed by atoms with Gasteiger partial charge in [-0.1, -0.05) is 6.07 Å². The molecule has 1 amide bonds. The number of nitriles is 1. The summed E-state index contributed by atoms with van der Waals surface area (Å²) in [6, 6.07) is 11.5. The Morgan fingerprint density at radius 2 is 1.92 bits per heavy atom. The lowest BCUT2D eigenvalue weighted by atomic mass is 10.2. The summed E-state index contributed by atoms with van der Waals surface area (Å²) < 4.78 is 5.14. The minimum Gasteiger partial charge on any atom is -0.462 e. The van der Waals surface area contributed by atoms with Crippen molar-refractivity contribution < 1.29 is 19.1 Å². The highest BCUT2D eigenvalue weighted by Crippen LogP contribution is 2.13. The van der Waals surface area contributed by atoms with Gasteiger partial charge in [0.1, 0.15) is 6.42 Å². The van der Waals surface area contributed by atoms with Crippen molar-refractivity contribution in [1.29, 1.82) is 5.26 Å². The summed E-state index contributed by atoms with van der Waals surface area (Å²) in [4.78, 5) is 35.7. The summed E-state index contributed by atoms with van der Waals surface area (Å²) in [5.41, 5.74) is 0.848. The van der Waals surface area contributed by atoms with Gasteiger partial charge < -0.3 is 10.1 Å². The second kappa shape index (κ2) is 9.35. The van der Waals surface area contributed by atoms with Crippen LogP contribution in [-0.4, -0.2) is 24.3 Å². The molecule has 1 N–H and O–H groups in total. The molecule has 0 aliphatic carbocycles. The molecule has 128 valence electrons. The number of carbonyl (C=O) groups is 3. The van der Waals surface area contributed by atoms with Crippen molar-refractivity contribution in [3.63, 3.8) is 0 Å². The van der Waals surface area contributed by atoms with Crippen molar-refractivity contribution in [3.8, 4) is 6.07 Å². The van der Waals surface area contributed by atoms with Crippen LogP contribution in [0, 0.1) is 11.3 Å². The fourth-order valence-electron chi connectivity index (χ4n) is 2.01. The largest absolute Gasteiger partial charge is 0.462 e. The van der Waals surface area contributed by atoms with Crippen LogP contribution in [0.2, 0.25) is 0 Å². The molecule has 0 bridgehead atoms. The van der Waals surface area contributed by atoms with E-state index in [1.807, 2.05) is 11.4 Å². The molecule has 0 saturated heterocycles. The Balaban J connectivity index is 1.74. The van der Waals surface area contributed by atoms with Crippen LogP contribution in [0.25, 0.3) is 0 Å². The summed E-state index contributed by atoms with van der Waals surface area (Å²) in [6.07, 6.45) is 0.566. The summed E-state index contributed by atoms with van der Waals surface area (Å²) in [6.45, 7) is 0.163. The Kier molecular flexibility index (Phi) is 6.87. The maximum absolute atomic E-state index is 11.9. The second-order valence-electron chi connectivity index (χ2n) is 5.10. The third kappa shape index (κ3) is 5.86. The molecule has 0 saturated carbocycles. The number of nitrogens with one attached hydrogen (secondary N) is 1. The van der Waals surface area contributed by atoms with Gasteiger partial charge in [-0.05, 0) is 42.1 Å². The van der Waals surface area contributed by atoms with Crippen molar-refractivity contribution in [3.05, 3.63) is 52.2 Å². The maximum Gasteiger partial charge on any atom is 0.338 e. The number of ketones is 1. The van der Waals surface area contributed by atoms with E-state index in [1.54, 1.807) is 24.3 Å². The van der Waals surface area contributed by atoms with Gasteiger partial charge in [-0.3, -0.25) is 9.59 Å². The van der Waals surface area contributed by atoms with Gasteiger partial charge in [0, 0.05) is 12.1 Å². The van der Waals surface area contributed by atoms with E-state index in [0.717, 1.165) is 0 Å². The maximum atomic E-state index is 11.9. The molecule has 25 heavy (non-hydrogen) atoms. The number of Topliss-reactive ketones (excluding diaryl/α,β-unsaturated/α-hetero) is 1. The Morgan fingerprint density at radius 1 is 1.16 bits per heavy atom. The van der Waals surface area contributed by atoms with Crippen LogP contribution in [0.15, 0.2) is 41.8 Å². The third-order valence-electron chi connectivity index (χ3n) is 3.22. The zero-order valence-corrected chi connectivity index (χ0v) is 14.2. The molecule has 0 atom stereocenters. The Bertz CT molecular complexity index is 776. The Morgan fingerprint density at radius 3 is 2.56 bits per heavy atom. The van der Waals surface area contributed by atoms with E-state index in [4.69, 9.17) is 10.00 Å². The molecule has 0 fully saturated rings. The zero-order valence-electron chi connectivity index (χ0n) is 13.4. The van der Waals surface area contributed by atoms with Crippen LogP contribution in [0.5, 0.6) is 0 Å². The highest BCUT2D eigenvalue weighted by molar-refractivity contribution is 7.12. The molecule has 7 heteroatoms. The molecule has 0 spiro atoms. The molecule has 1 aromatic carbocycles. The van der Waals surface area contributed by atoms with E-state index in [9.17, 15) is 14.4 Å². The van der Waals surface area contributed by atoms with Crippen LogP contribution >= 0.6 is 11.3 Å². The molecular formula is C18H16N2O4S. The quantitative estimate of drug-likeness (QED) is 0.444. The van der Waals surface area contributed by atoms with Gasteiger partial charge in [0.2, 0.25) is 5.91 Å². The number of hydrogen-bond acceptors (Lipinski definition) is 6. The van der Waals surface area contributed by atoms with Crippen molar-refractivity contribution in [2.24, 2.45) is 0 Å². The number of rotatable bonds is 8. The minimum absolute atomic E-state index is 0.0449. The molecule has 6 nitrogen and oxygen atoms in total. The molecule has 0 radical (unpaired) electrons. The summed E-state index contributed by atoms with van der Waals surface area (Å²) in [7, 11) is 0. The van der Waals surface area contributed by atoms with E-state index in [1.165, 1.54) is 23.5 Å². The Hall–Kier alpha value is -2.98. The monoisotopic (exact) mass is 356 g/mol. The topological polar surface area (TPSA) is 96.3 Å². The SMILES string of the molecule is N#CCC(=O)Nc1ccc(C(=O)OCCCC(=O)c2cccs2)cc1. The number of benzene rings is 1. The molecular weight excluding hydrogens is 340 g/mol. The number of nitrogens with zero attached hydrogens (tertiary/aromatic N) is 1. The zero-order chi connectivity index (χ0) is 18.1. The molecule has 1 aromatic heterocycles. The molecule has 0 unspecified atom stereocenters.